The summed E-state index contributed by atoms with van der Waals surface area (Å²) in [7, 11) is 3.61. The lowest BCUT2D eigenvalue weighted by Crippen LogP contribution is -2.58. The predicted octanol–water partition coefficient (Wildman–Crippen LogP) is 3.71. The van der Waals surface area contributed by atoms with E-state index in [1.165, 1.54) is 12.3 Å². The largest absolute Gasteiger partial charge is 0.455 e. The van der Waals surface area contributed by atoms with Gasteiger partial charge in [-0.15, -0.1) is 11.3 Å². The quantitative estimate of drug-likeness (QED) is 0.0671. The normalized spacial score (nSPS) is 17.8. The second-order valence-electron chi connectivity index (χ2n) is 17.5. The number of carbonyl (C=O) groups is 9. The third-order valence-electron chi connectivity index (χ3n) is 12.1. The molecule has 1 fully saturated rings. The van der Waals surface area contributed by atoms with E-state index < -0.39 is 72.3 Å². The van der Waals surface area contributed by atoms with Crippen molar-refractivity contribution < 1.29 is 47.9 Å². The molecule has 360 valence electrons. The van der Waals surface area contributed by atoms with Gasteiger partial charge in [0.25, 0.3) is 17.7 Å². The molecule has 4 rings (SSSR count). The molecule has 66 heavy (non-hydrogen) atoms. The van der Waals surface area contributed by atoms with E-state index in [9.17, 15) is 43.2 Å². The van der Waals surface area contributed by atoms with Gasteiger partial charge in [0.2, 0.25) is 23.6 Å². The van der Waals surface area contributed by atoms with Crippen LogP contribution < -0.4 is 21.3 Å². The lowest BCUT2D eigenvalue weighted by Gasteiger charge is -2.38. The molecule has 3 heterocycles. The fourth-order valence-electron chi connectivity index (χ4n) is 8.10. The van der Waals surface area contributed by atoms with Crippen LogP contribution in [0.1, 0.15) is 120 Å². The van der Waals surface area contributed by atoms with Gasteiger partial charge >= 0.3 is 5.97 Å². The first-order valence-electron chi connectivity index (χ1n) is 22.8. The summed E-state index contributed by atoms with van der Waals surface area (Å²) in [6.45, 7) is 11.4. The molecular formula is C47H66N8O10S. The second-order valence-corrected chi connectivity index (χ2v) is 18.3. The van der Waals surface area contributed by atoms with Crippen molar-refractivity contribution >= 4 is 70.6 Å². The van der Waals surface area contributed by atoms with Crippen LogP contribution in [0.15, 0.2) is 41.8 Å². The Morgan fingerprint density at radius 3 is 2.27 bits per heavy atom. The molecule has 0 radical (unpaired) electrons. The van der Waals surface area contributed by atoms with Crippen LogP contribution in [-0.2, 0) is 49.5 Å². The van der Waals surface area contributed by atoms with E-state index in [4.69, 9.17) is 4.74 Å². The molecule has 18 nitrogen and oxygen atoms in total. The van der Waals surface area contributed by atoms with Crippen LogP contribution in [0.4, 0.5) is 5.69 Å². The average molecular weight is 935 g/mol. The van der Waals surface area contributed by atoms with Gasteiger partial charge in [-0.05, 0) is 68.8 Å². The van der Waals surface area contributed by atoms with E-state index in [0.717, 1.165) is 60.6 Å². The zero-order valence-corrected chi connectivity index (χ0v) is 40.1. The minimum Gasteiger partial charge on any atom is -0.455 e. The Morgan fingerprint density at radius 2 is 1.68 bits per heavy atom. The van der Waals surface area contributed by atoms with Crippen molar-refractivity contribution in [2.24, 2.45) is 11.8 Å². The Balaban J connectivity index is 1.36. The van der Waals surface area contributed by atoms with Crippen molar-refractivity contribution in [3.05, 3.63) is 58.1 Å². The maximum atomic E-state index is 14.2. The van der Waals surface area contributed by atoms with Gasteiger partial charge in [-0.1, -0.05) is 72.4 Å². The Morgan fingerprint density at radius 1 is 1.00 bits per heavy atom. The SMILES string of the molecule is CCCCC(C(=O)NCC(=O)Nc1ccc(C[C@@H](C=O)NC(=O)c2csc([C@@H](C[C@H](C(C)C)N(C)C(=O)[C@@H](NC(=O)[C@H]3CCCCN3C)[C@@H](C)CC)OC(C)=O)n2)cc1)N1C(=O)C=CC1=O. The van der Waals surface area contributed by atoms with E-state index >= 15 is 0 Å². The van der Waals surface area contributed by atoms with Crippen molar-refractivity contribution in [3.8, 4) is 0 Å². The molecule has 1 aromatic carbocycles. The number of hydrogen-bond acceptors (Lipinski definition) is 13. The third-order valence-corrected chi connectivity index (χ3v) is 13.1. The monoisotopic (exact) mass is 934 g/mol. The number of rotatable bonds is 24. The summed E-state index contributed by atoms with van der Waals surface area (Å²) in [6.07, 6.45) is 7.13. The lowest BCUT2D eigenvalue weighted by molar-refractivity contribution is -0.149. The first-order chi connectivity index (χ1) is 31.4. The standard InChI is InChI=1S/C47H66N8O10S/c1-9-11-14-36(55-40(59)20-21-41(55)60)44(62)48-25-39(58)49-32-18-16-31(17-19-32)23-33(26-56)50-43(61)34-27-66-46(51-34)38(65-30(6)57)24-37(28(3)4)54(8)47(64)42(29(5)10-2)52-45(63)35-15-12-13-22-53(35)7/h16-21,26-29,33,35-38,42H,9-15,22-25H2,1-8H3,(H,48,62)(H,49,58)(H,50,61)(H,52,63)/t29-,33-,35+,36?,37+,38+,42-/m0/s1. The predicted molar refractivity (Wildman–Crippen MR) is 248 cm³/mol. The molecule has 2 aliphatic rings. The Labute approximate surface area is 391 Å². The molecule has 2 aromatic rings. The van der Waals surface area contributed by atoms with Crippen molar-refractivity contribution in [3.63, 3.8) is 0 Å². The highest BCUT2D eigenvalue weighted by molar-refractivity contribution is 7.09. The number of esters is 1. The first kappa shape index (κ1) is 52.8. The zero-order valence-electron chi connectivity index (χ0n) is 39.3. The molecule has 1 aromatic heterocycles. The number of anilines is 1. The van der Waals surface area contributed by atoms with Gasteiger partial charge in [-0.25, -0.2) is 4.98 Å². The van der Waals surface area contributed by atoms with Crippen molar-refractivity contribution in [1.82, 2.24) is 35.6 Å². The number of thiazole rings is 1. The van der Waals surface area contributed by atoms with Gasteiger partial charge in [0.15, 0.2) is 6.10 Å². The van der Waals surface area contributed by atoms with Gasteiger partial charge in [-0.3, -0.25) is 48.2 Å². The smallest absolute Gasteiger partial charge is 0.303 e. The molecular weight excluding hydrogens is 869 g/mol. The first-order valence-corrected chi connectivity index (χ1v) is 23.6. The zero-order chi connectivity index (χ0) is 48.7. The number of piperidine rings is 1. The highest BCUT2D eigenvalue weighted by atomic mass is 32.1. The summed E-state index contributed by atoms with van der Waals surface area (Å²) in [5.74, 6) is -4.19. The summed E-state index contributed by atoms with van der Waals surface area (Å²) >= 11 is 1.11. The van der Waals surface area contributed by atoms with Crippen LogP contribution in [-0.4, -0.2) is 131 Å². The fraction of sp³-hybridized carbons (Fsp3) is 0.574. The molecule has 0 spiro atoms. The molecule has 2 aliphatic heterocycles. The molecule has 0 saturated carbocycles. The summed E-state index contributed by atoms with van der Waals surface area (Å²) < 4.78 is 5.75. The van der Waals surface area contributed by atoms with Crippen molar-refractivity contribution in [2.45, 2.75) is 136 Å². The Kier molecular flexibility index (Phi) is 20.2. The van der Waals surface area contributed by atoms with Gasteiger partial charge in [0.1, 0.15) is 29.1 Å². The summed E-state index contributed by atoms with van der Waals surface area (Å²) in [5, 5.41) is 12.8. The van der Waals surface area contributed by atoms with Crippen LogP contribution in [0.5, 0.6) is 0 Å². The van der Waals surface area contributed by atoms with Crippen molar-refractivity contribution in [1.29, 1.82) is 0 Å². The van der Waals surface area contributed by atoms with Crippen molar-refractivity contribution in [2.75, 3.05) is 32.5 Å². The number of nitrogens with one attached hydrogen (secondary N) is 4. The minimum absolute atomic E-state index is 0.00823. The van der Waals surface area contributed by atoms with E-state index in [1.807, 2.05) is 46.6 Å². The van der Waals surface area contributed by atoms with Gasteiger partial charge in [0.05, 0.1) is 18.6 Å². The molecule has 0 bridgehead atoms. The number of benzene rings is 1. The maximum absolute atomic E-state index is 14.2. The molecule has 4 N–H and O–H groups in total. The lowest BCUT2D eigenvalue weighted by atomic mass is 9.92. The summed E-state index contributed by atoms with van der Waals surface area (Å²) in [5.41, 5.74) is 1.07. The number of ether oxygens (including phenoxy) is 1. The third kappa shape index (κ3) is 14.6. The summed E-state index contributed by atoms with van der Waals surface area (Å²) in [6, 6.07) is 3.03. The number of unbranched alkanes of at least 4 members (excludes halogenated alkanes) is 1. The molecule has 7 amide bonds. The number of hydrogen-bond donors (Lipinski definition) is 4. The number of amides is 7. The van der Waals surface area contributed by atoms with Gasteiger partial charge in [0, 0.05) is 49.7 Å². The Bertz CT molecular complexity index is 2070. The minimum atomic E-state index is -1.04. The second kappa shape index (κ2) is 25.2. The molecule has 1 saturated heterocycles. The number of nitrogens with zero attached hydrogens (tertiary/aromatic N) is 4. The molecule has 1 unspecified atom stereocenters. The van der Waals surface area contributed by atoms with Crippen LogP contribution in [0.3, 0.4) is 0 Å². The fourth-order valence-corrected chi connectivity index (χ4v) is 8.94. The van der Waals surface area contributed by atoms with Crippen LogP contribution in [0.2, 0.25) is 0 Å². The highest BCUT2D eigenvalue weighted by Gasteiger charge is 2.38. The van der Waals surface area contributed by atoms with Gasteiger partial charge < -0.3 is 35.7 Å². The number of aromatic nitrogens is 1. The van der Waals surface area contributed by atoms with Gasteiger partial charge in [-0.2, -0.15) is 0 Å². The highest BCUT2D eigenvalue weighted by Crippen LogP contribution is 2.31. The molecule has 19 heteroatoms. The number of carbonyl (C=O) groups excluding carboxylic acids is 9. The number of likely N-dealkylation sites (tertiary alicyclic amines) is 1. The molecule has 7 atom stereocenters. The number of likely N-dealkylation sites (N-methyl/N-ethyl adjacent to an activating group) is 2. The van der Waals surface area contributed by atoms with E-state index in [2.05, 4.69) is 26.3 Å². The maximum Gasteiger partial charge on any atom is 0.303 e. The average Bonchev–Trinajstić information content (AvgIpc) is 3.92. The number of imide groups is 1. The van der Waals surface area contributed by atoms with E-state index in [-0.39, 0.29) is 54.6 Å². The van der Waals surface area contributed by atoms with E-state index in [1.54, 1.807) is 36.2 Å². The summed E-state index contributed by atoms with van der Waals surface area (Å²) in [4.78, 5) is 125. The van der Waals surface area contributed by atoms with Crippen LogP contribution >= 0.6 is 11.3 Å². The molecule has 0 aliphatic carbocycles. The Hall–Kier alpha value is -5.82. The van der Waals surface area contributed by atoms with Crippen LogP contribution in [0.25, 0.3) is 0 Å². The topological polar surface area (TPSA) is 234 Å². The van der Waals surface area contributed by atoms with Crippen LogP contribution in [0, 0.1) is 11.8 Å². The van der Waals surface area contributed by atoms with E-state index in [0.29, 0.717) is 35.4 Å². The number of aldehydes is 1.